The lowest BCUT2D eigenvalue weighted by Crippen LogP contribution is -2.07. The molecule has 1 rings (SSSR count). The molecule has 0 saturated heterocycles. The lowest BCUT2D eigenvalue weighted by atomic mass is 10.2. The Kier molecular flexibility index (Phi) is 7.31. The second kappa shape index (κ2) is 8.74. The van der Waals surface area contributed by atoms with Crippen LogP contribution in [0.25, 0.3) is 6.08 Å². The second-order valence-electron chi connectivity index (χ2n) is 4.33. The van der Waals surface area contributed by atoms with E-state index in [1.54, 1.807) is 24.3 Å². The monoisotopic (exact) mass is 330 g/mol. The zero-order chi connectivity index (χ0) is 15.7. The van der Waals surface area contributed by atoms with Gasteiger partial charge in [0.15, 0.2) is 0 Å². The van der Waals surface area contributed by atoms with E-state index >= 15 is 0 Å². The van der Waals surface area contributed by atoms with Gasteiger partial charge in [-0.15, -0.1) is 0 Å². The van der Waals surface area contributed by atoms with Gasteiger partial charge < -0.3 is 9.84 Å². The lowest BCUT2D eigenvalue weighted by Gasteiger charge is -2.06. The summed E-state index contributed by atoms with van der Waals surface area (Å²) >= 11 is 1.53. The minimum absolute atomic E-state index is 0.183. The summed E-state index contributed by atoms with van der Waals surface area (Å²) in [7, 11) is -2.89. The minimum Gasteiger partial charge on any atom is -0.493 e. The minimum atomic E-state index is -2.89. The molecular weight excluding hydrogens is 312 g/mol. The third-order valence-corrected chi connectivity index (χ3v) is 4.55. The van der Waals surface area contributed by atoms with Gasteiger partial charge in [-0.25, -0.2) is 13.2 Å². The van der Waals surface area contributed by atoms with Gasteiger partial charge in [0.1, 0.15) is 15.6 Å². The molecule has 0 heterocycles. The fourth-order valence-electron chi connectivity index (χ4n) is 1.37. The van der Waals surface area contributed by atoms with Crippen LogP contribution in [0.1, 0.15) is 5.56 Å². The highest BCUT2D eigenvalue weighted by atomic mass is 32.2. The van der Waals surface area contributed by atoms with E-state index in [1.807, 2.05) is 0 Å². The Morgan fingerprint density at radius 1 is 1.29 bits per heavy atom. The van der Waals surface area contributed by atoms with Gasteiger partial charge in [-0.2, -0.15) is 11.8 Å². The van der Waals surface area contributed by atoms with Crippen molar-refractivity contribution in [2.24, 2.45) is 0 Å². The van der Waals surface area contributed by atoms with Gasteiger partial charge in [0, 0.05) is 23.8 Å². The highest BCUT2D eigenvalue weighted by Crippen LogP contribution is 2.13. The molecule has 21 heavy (non-hydrogen) atoms. The van der Waals surface area contributed by atoms with Crippen molar-refractivity contribution in [3.63, 3.8) is 0 Å². The Hall–Kier alpha value is -1.47. The zero-order valence-electron chi connectivity index (χ0n) is 11.7. The Morgan fingerprint density at radius 2 is 1.95 bits per heavy atom. The average Bonchev–Trinajstić information content (AvgIpc) is 2.40. The van der Waals surface area contributed by atoms with Crippen LogP contribution in [-0.4, -0.2) is 49.6 Å². The normalized spacial score (nSPS) is 11.7. The number of hydrogen-bond donors (Lipinski definition) is 1. The molecule has 1 N–H and O–H groups in total. The molecule has 0 radical (unpaired) electrons. The molecule has 0 atom stereocenters. The van der Waals surface area contributed by atoms with Crippen LogP contribution in [0, 0.1) is 0 Å². The topological polar surface area (TPSA) is 80.7 Å². The summed E-state index contributed by atoms with van der Waals surface area (Å²) < 4.78 is 27.4. The van der Waals surface area contributed by atoms with Gasteiger partial charge in [-0.1, -0.05) is 12.1 Å². The molecule has 116 valence electrons. The molecule has 0 fully saturated rings. The number of ether oxygens (including phenoxy) is 1. The Balaban J connectivity index is 2.25. The van der Waals surface area contributed by atoms with E-state index in [0.29, 0.717) is 18.1 Å². The maximum absolute atomic E-state index is 10.9. The molecule has 0 unspecified atom stereocenters. The Bertz CT molecular complexity index is 576. The molecule has 7 heteroatoms. The van der Waals surface area contributed by atoms with Gasteiger partial charge >= 0.3 is 5.97 Å². The van der Waals surface area contributed by atoms with Crippen LogP contribution >= 0.6 is 11.8 Å². The predicted octanol–water partition coefficient (Wildman–Crippen LogP) is 1.94. The molecule has 0 aliphatic carbocycles. The number of carbonyl (C=O) groups is 1. The van der Waals surface area contributed by atoms with Crippen molar-refractivity contribution in [3.05, 3.63) is 35.9 Å². The van der Waals surface area contributed by atoms with Gasteiger partial charge in [-0.3, -0.25) is 0 Å². The van der Waals surface area contributed by atoms with Crippen molar-refractivity contribution in [2.75, 3.05) is 30.1 Å². The fourth-order valence-corrected chi connectivity index (χ4v) is 3.46. The highest BCUT2D eigenvalue weighted by Gasteiger charge is 2.01. The fraction of sp³-hybridized carbons (Fsp3) is 0.357. The number of carboxylic acids is 1. The molecular formula is C14H18O5S2. The van der Waals surface area contributed by atoms with Crippen LogP contribution < -0.4 is 4.74 Å². The maximum Gasteiger partial charge on any atom is 0.328 e. The van der Waals surface area contributed by atoms with E-state index < -0.39 is 15.8 Å². The standard InChI is InChI=1S/C14H18O5S2/c1-21(17,18)11-10-20-9-8-19-13-5-2-12(3-6-13)4-7-14(15)16/h2-7H,8-11H2,1H3,(H,15,16). The first-order valence-electron chi connectivity index (χ1n) is 6.26. The molecule has 0 amide bonds. The van der Waals surface area contributed by atoms with Crippen molar-refractivity contribution in [2.45, 2.75) is 0 Å². The summed E-state index contributed by atoms with van der Waals surface area (Å²) in [5.74, 6) is 1.19. The van der Waals surface area contributed by atoms with E-state index in [9.17, 15) is 13.2 Å². The second-order valence-corrected chi connectivity index (χ2v) is 7.82. The molecule has 0 aliphatic rings. The summed E-state index contributed by atoms with van der Waals surface area (Å²) in [5.41, 5.74) is 0.785. The summed E-state index contributed by atoms with van der Waals surface area (Å²) in [4.78, 5) is 10.4. The summed E-state index contributed by atoms with van der Waals surface area (Å²) in [6.45, 7) is 0.499. The first-order chi connectivity index (χ1) is 9.87. The first kappa shape index (κ1) is 17.6. The smallest absolute Gasteiger partial charge is 0.328 e. The van der Waals surface area contributed by atoms with Crippen LogP contribution in [-0.2, 0) is 14.6 Å². The quantitative estimate of drug-likeness (QED) is 0.550. The number of carboxylic acid groups (broad SMARTS) is 1. The molecule has 0 aliphatic heterocycles. The van der Waals surface area contributed by atoms with Crippen molar-refractivity contribution in [1.82, 2.24) is 0 Å². The predicted molar refractivity (Wildman–Crippen MR) is 85.6 cm³/mol. The van der Waals surface area contributed by atoms with Crippen LogP contribution in [0.15, 0.2) is 30.3 Å². The van der Waals surface area contributed by atoms with Crippen molar-refractivity contribution >= 4 is 33.6 Å². The van der Waals surface area contributed by atoms with Crippen LogP contribution in [0.2, 0.25) is 0 Å². The molecule has 1 aromatic carbocycles. The van der Waals surface area contributed by atoms with Gasteiger partial charge in [0.25, 0.3) is 0 Å². The van der Waals surface area contributed by atoms with Crippen LogP contribution in [0.5, 0.6) is 5.75 Å². The SMILES string of the molecule is CS(=O)(=O)CCSCCOc1ccc(C=CC(=O)O)cc1. The number of thioether (sulfide) groups is 1. The number of rotatable bonds is 9. The van der Waals surface area contributed by atoms with E-state index in [2.05, 4.69) is 0 Å². The lowest BCUT2D eigenvalue weighted by molar-refractivity contribution is -0.131. The molecule has 0 bridgehead atoms. The first-order valence-corrected chi connectivity index (χ1v) is 9.48. The molecule has 1 aromatic rings. The molecule has 0 spiro atoms. The van der Waals surface area contributed by atoms with Crippen molar-refractivity contribution in [1.29, 1.82) is 0 Å². The average molecular weight is 330 g/mol. The van der Waals surface area contributed by atoms with E-state index in [4.69, 9.17) is 9.84 Å². The highest BCUT2D eigenvalue weighted by molar-refractivity contribution is 8.00. The zero-order valence-corrected chi connectivity index (χ0v) is 13.3. The van der Waals surface area contributed by atoms with E-state index in [1.165, 1.54) is 24.1 Å². The Morgan fingerprint density at radius 3 is 2.52 bits per heavy atom. The Labute approximate surface area is 128 Å². The van der Waals surface area contributed by atoms with Gasteiger partial charge in [0.2, 0.25) is 0 Å². The molecule has 5 nitrogen and oxygen atoms in total. The third-order valence-electron chi connectivity index (χ3n) is 2.39. The van der Waals surface area contributed by atoms with Gasteiger partial charge in [-0.05, 0) is 23.8 Å². The number of benzene rings is 1. The molecule has 0 saturated carbocycles. The number of hydrogen-bond acceptors (Lipinski definition) is 5. The van der Waals surface area contributed by atoms with Crippen molar-refractivity contribution < 1.29 is 23.1 Å². The van der Waals surface area contributed by atoms with Crippen molar-refractivity contribution in [3.8, 4) is 5.75 Å². The molecule has 0 aromatic heterocycles. The number of aliphatic carboxylic acids is 1. The summed E-state index contributed by atoms with van der Waals surface area (Å²) in [5, 5.41) is 8.52. The van der Waals surface area contributed by atoms with Gasteiger partial charge in [0.05, 0.1) is 12.4 Å². The van der Waals surface area contributed by atoms with Crippen LogP contribution in [0.3, 0.4) is 0 Å². The summed E-state index contributed by atoms with van der Waals surface area (Å²) in [6, 6.07) is 7.07. The maximum atomic E-state index is 10.9. The number of sulfone groups is 1. The van der Waals surface area contributed by atoms with Crippen LogP contribution in [0.4, 0.5) is 0 Å². The largest absolute Gasteiger partial charge is 0.493 e. The van der Waals surface area contributed by atoms with E-state index in [0.717, 1.165) is 17.4 Å². The van der Waals surface area contributed by atoms with E-state index in [-0.39, 0.29) is 5.75 Å². The third kappa shape index (κ3) is 9.14. The summed E-state index contributed by atoms with van der Waals surface area (Å²) in [6.07, 6.45) is 3.81.